The van der Waals surface area contributed by atoms with Crippen LogP contribution < -0.4 is 0 Å². The molecule has 3 heterocycles. The highest BCUT2D eigenvalue weighted by atomic mass is 16.5. The van der Waals surface area contributed by atoms with E-state index < -0.39 is 0 Å². The summed E-state index contributed by atoms with van der Waals surface area (Å²) in [6.45, 7) is 6.68. The Balaban J connectivity index is 1.43. The van der Waals surface area contributed by atoms with Crippen molar-refractivity contribution >= 4 is 5.91 Å². The number of rotatable bonds is 6. The van der Waals surface area contributed by atoms with Crippen molar-refractivity contribution in [2.24, 2.45) is 5.92 Å². The summed E-state index contributed by atoms with van der Waals surface area (Å²) in [7, 11) is 0. The highest BCUT2D eigenvalue weighted by Gasteiger charge is 2.30. The van der Waals surface area contributed by atoms with Gasteiger partial charge in [-0.15, -0.1) is 0 Å². The zero-order valence-electron chi connectivity index (χ0n) is 14.2. The zero-order valence-corrected chi connectivity index (χ0v) is 14.2. The number of nitrogens with zero attached hydrogens (tertiary/aromatic N) is 4. The van der Waals surface area contributed by atoms with E-state index in [4.69, 9.17) is 4.52 Å². The molecule has 2 fully saturated rings. The summed E-state index contributed by atoms with van der Waals surface area (Å²) in [5.41, 5.74) is 0. The third-order valence-corrected chi connectivity index (χ3v) is 4.98. The quantitative estimate of drug-likeness (QED) is 0.804. The van der Waals surface area contributed by atoms with Gasteiger partial charge in [0, 0.05) is 25.4 Å². The van der Waals surface area contributed by atoms with E-state index in [1.165, 1.54) is 12.8 Å². The summed E-state index contributed by atoms with van der Waals surface area (Å²) >= 11 is 0. The zero-order chi connectivity index (χ0) is 16.1. The van der Waals surface area contributed by atoms with Gasteiger partial charge < -0.3 is 9.42 Å². The summed E-state index contributed by atoms with van der Waals surface area (Å²) in [5, 5.41) is 4.04. The van der Waals surface area contributed by atoms with Crippen molar-refractivity contribution in [1.29, 1.82) is 0 Å². The first kappa shape index (κ1) is 16.4. The molecule has 128 valence electrons. The highest BCUT2D eigenvalue weighted by Crippen LogP contribution is 2.23. The average molecular weight is 320 g/mol. The van der Waals surface area contributed by atoms with Crippen LogP contribution in [0.2, 0.25) is 0 Å². The minimum absolute atomic E-state index is 0.215. The minimum atomic E-state index is 0.215. The Labute approximate surface area is 138 Å². The summed E-state index contributed by atoms with van der Waals surface area (Å²) < 4.78 is 5.34. The predicted octanol–water partition coefficient (Wildman–Crippen LogP) is 2.25. The highest BCUT2D eigenvalue weighted by molar-refractivity contribution is 5.79. The van der Waals surface area contributed by atoms with Gasteiger partial charge in [-0.3, -0.25) is 9.69 Å². The van der Waals surface area contributed by atoms with Gasteiger partial charge in [0.25, 0.3) is 0 Å². The molecule has 0 radical (unpaired) electrons. The van der Waals surface area contributed by atoms with Crippen LogP contribution >= 0.6 is 0 Å². The summed E-state index contributed by atoms with van der Waals surface area (Å²) in [6.07, 6.45) is 7.38. The van der Waals surface area contributed by atoms with Gasteiger partial charge in [0.2, 0.25) is 11.8 Å². The number of amides is 1. The number of hydrogen-bond donors (Lipinski definition) is 0. The molecule has 0 atom stereocenters. The summed E-state index contributed by atoms with van der Waals surface area (Å²) in [4.78, 5) is 21.3. The van der Waals surface area contributed by atoms with Gasteiger partial charge in [-0.25, -0.2) is 0 Å². The second-order valence-corrected chi connectivity index (χ2v) is 6.79. The number of likely N-dealkylation sites (tertiary alicyclic amines) is 2. The maximum absolute atomic E-state index is 12.4. The fraction of sp³-hybridized carbons (Fsp3) is 0.824. The standard InChI is InChI=1S/C17H28N4O2/c1-2-3-6-15-18-16(23-19-15)13-20-11-7-14(8-12-20)17(22)21-9-4-5-10-21/h14H,2-13H2,1H3. The molecule has 3 rings (SSSR count). The molecule has 0 aliphatic carbocycles. The molecule has 1 aromatic heterocycles. The van der Waals surface area contributed by atoms with Crippen molar-refractivity contribution in [1.82, 2.24) is 19.9 Å². The van der Waals surface area contributed by atoms with Gasteiger partial charge in [-0.2, -0.15) is 4.98 Å². The molecular formula is C17H28N4O2. The van der Waals surface area contributed by atoms with Crippen molar-refractivity contribution in [2.75, 3.05) is 26.2 Å². The van der Waals surface area contributed by atoms with Crippen LogP contribution in [0, 0.1) is 5.92 Å². The van der Waals surface area contributed by atoms with Gasteiger partial charge >= 0.3 is 0 Å². The number of aryl methyl sites for hydroxylation is 1. The van der Waals surface area contributed by atoms with E-state index in [2.05, 4.69) is 26.9 Å². The monoisotopic (exact) mass is 320 g/mol. The van der Waals surface area contributed by atoms with Crippen LogP contribution in [0.5, 0.6) is 0 Å². The second-order valence-electron chi connectivity index (χ2n) is 6.79. The Morgan fingerprint density at radius 3 is 2.65 bits per heavy atom. The molecule has 1 aromatic rings. The van der Waals surface area contributed by atoms with E-state index in [0.29, 0.717) is 18.3 Å². The maximum Gasteiger partial charge on any atom is 0.240 e. The molecule has 0 N–H and O–H groups in total. The lowest BCUT2D eigenvalue weighted by Gasteiger charge is -2.32. The molecule has 1 amide bonds. The number of piperidine rings is 1. The SMILES string of the molecule is CCCCc1noc(CN2CCC(C(=O)N3CCCC3)CC2)n1. The third-order valence-electron chi connectivity index (χ3n) is 4.98. The number of carbonyl (C=O) groups is 1. The van der Waals surface area contributed by atoms with E-state index in [1.807, 2.05) is 0 Å². The Morgan fingerprint density at radius 2 is 1.96 bits per heavy atom. The molecule has 0 spiro atoms. The molecule has 2 aliphatic rings. The van der Waals surface area contributed by atoms with Crippen molar-refractivity contribution in [3.05, 3.63) is 11.7 Å². The van der Waals surface area contributed by atoms with Gasteiger partial charge in [0.15, 0.2) is 5.82 Å². The number of unbranched alkanes of at least 4 members (excludes halogenated alkanes) is 1. The van der Waals surface area contributed by atoms with Crippen LogP contribution in [0.25, 0.3) is 0 Å². The molecule has 0 bridgehead atoms. The number of aromatic nitrogens is 2. The van der Waals surface area contributed by atoms with Crippen LogP contribution in [0.3, 0.4) is 0 Å². The normalized spacial score (nSPS) is 20.3. The molecule has 2 aliphatic heterocycles. The van der Waals surface area contributed by atoms with E-state index in [9.17, 15) is 4.79 Å². The van der Waals surface area contributed by atoms with Crippen molar-refractivity contribution in [3.63, 3.8) is 0 Å². The van der Waals surface area contributed by atoms with Crippen LogP contribution in [0.1, 0.15) is 57.2 Å². The van der Waals surface area contributed by atoms with Crippen molar-refractivity contribution in [2.45, 2.75) is 58.4 Å². The van der Waals surface area contributed by atoms with Gasteiger partial charge in [-0.05, 0) is 45.2 Å². The second kappa shape index (κ2) is 7.90. The van der Waals surface area contributed by atoms with E-state index >= 15 is 0 Å². The van der Waals surface area contributed by atoms with Crippen LogP contribution in [-0.2, 0) is 17.8 Å². The minimum Gasteiger partial charge on any atom is -0.342 e. The molecule has 0 unspecified atom stereocenters. The van der Waals surface area contributed by atoms with Gasteiger partial charge in [0.05, 0.1) is 6.54 Å². The van der Waals surface area contributed by atoms with Crippen LogP contribution in [-0.4, -0.2) is 52.0 Å². The summed E-state index contributed by atoms with van der Waals surface area (Å²) in [5.74, 6) is 2.12. The largest absolute Gasteiger partial charge is 0.342 e. The van der Waals surface area contributed by atoms with Crippen molar-refractivity contribution in [3.8, 4) is 0 Å². The first-order valence-corrected chi connectivity index (χ1v) is 9.09. The molecule has 23 heavy (non-hydrogen) atoms. The van der Waals surface area contributed by atoms with Gasteiger partial charge in [0.1, 0.15) is 0 Å². The molecular weight excluding hydrogens is 292 g/mol. The van der Waals surface area contributed by atoms with Crippen LogP contribution in [0.4, 0.5) is 0 Å². The fourth-order valence-electron chi connectivity index (χ4n) is 3.52. The predicted molar refractivity (Wildman–Crippen MR) is 86.7 cm³/mol. The fourth-order valence-corrected chi connectivity index (χ4v) is 3.52. The molecule has 0 saturated carbocycles. The van der Waals surface area contributed by atoms with Crippen LogP contribution in [0.15, 0.2) is 4.52 Å². The van der Waals surface area contributed by atoms with Crippen molar-refractivity contribution < 1.29 is 9.32 Å². The average Bonchev–Trinajstić information content (AvgIpc) is 3.25. The number of hydrogen-bond acceptors (Lipinski definition) is 5. The Hall–Kier alpha value is -1.43. The third kappa shape index (κ3) is 4.31. The Bertz CT molecular complexity index is 502. The first-order chi connectivity index (χ1) is 11.3. The molecule has 2 saturated heterocycles. The lowest BCUT2D eigenvalue weighted by atomic mass is 9.95. The summed E-state index contributed by atoms with van der Waals surface area (Å²) in [6, 6.07) is 0. The topological polar surface area (TPSA) is 62.5 Å². The Morgan fingerprint density at radius 1 is 1.22 bits per heavy atom. The first-order valence-electron chi connectivity index (χ1n) is 9.09. The molecule has 0 aromatic carbocycles. The molecule has 6 heteroatoms. The maximum atomic E-state index is 12.4. The van der Waals surface area contributed by atoms with E-state index in [1.54, 1.807) is 0 Å². The Kier molecular flexibility index (Phi) is 5.65. The lowest BCUT2D eigenvalue weighted by molar-refractivity contribution is -0.136. The molecule has 6 nitrogen and oxygen atoms in total. The van der Waals surface area contributed by atoms with Gasteiger partial charge in [-0.1, -0.05) is 18.5 Å². The lowest BCUT2D eigenvalue weighted by Crippen LogP contribution is -2.41. The van der Waals surface area contributed by atoms with E-state index in [-0.39, 0.29) is 5.92 Å². The van der Waals surface area contributed by atoms with E-state index in [0.717, 1.165) is 64.1 Å². The smallest absolute Gasteiger partial charge is 0.240 e. The number of carbonyl (C=O) groups excluding carboxylic acids is 1.